The first kappa shape index (κ1) is 17.6. The van der Waals surface area contributed by atoms with Crippen LogP contribution in [0.5, 0.6) is 0 Å². The summed E-state index contributed by atoms with van der Waals surface area (Å²) in [5, 5.41) is 2.39. The molecule has 3 N–H and O–H groups in total. The molecule has 0 saturated heterocycles. The average molecular weight is 330 g/mol. The van der Waals surface area contributed by atoms with Crippen LogP contribution in [-0.4, -0.2) is 25.0 Å². The number of carbonyl (C=O) groups is 2. The zero-order valence-corrected chi connectivity index (χ0v) is 13.1. The first-order valence-electron chi connectivity index (χ1n) is 7.52. The molecule has 0 aliphatic heterocycles. The highest BCUT2D eigenvalue weighted by molar-refractivity contribution is 5.88. The molecule has 0 heterocycles. The van der Waals surface area contributed by atoms with Gasteiger partial charge in [0.2, 0.25) is 11.8 Å². The van der Waals surface area contributed by atoms with E-state index in [9.17, 15) is 14.0 Å². The number of carbonyl (C=O) groups excluding carboxylic acids is 2. The normalized spacial score (nSPS) is 11.7. The van der Waals surface area contributed by atoms with E-state index >= 15 is 0 Å². The molecule has 0 bridgehead atoms. The van der Waals surface area contributed by atoms with Gasteiger partial charge in [-0.05, 0) is 18.1 Å². The van der Waals surface area contributed by atoms with Crippen LogP contribution in [0.2, 0.25) is 0 Å². The number of rotatable bonds is 8. The molecule has 0 aliphatic carbocycles. The second kappa shape index (κ2) is 8.79. The average Bonchev–Trinajstić information content (AvgIpc) is 2.58. The summed E-state index contributed by atoms with van der Waals surface area (Å²) in [6.07, 6.45) is 0.667. The van der Waals surface area contributed by atoms with E-state index < -0.39 is 23.7 Å². The molecule has 0 radical (unpaired) electrons. The van der Waals surface area contributed by atoms with E-state index in [1.165, 1.54) is 18.2 Å². The lowest BCUT2D eigenvalue weighted by molar-refractivity contribution is -0.130. The predicted molar refractivity (Wildman–Crippen MR) is 87.4 cm³/mol. The molecule has 0 aromatic heterocycles. The molecule has 0 spiro atoms. The zero-order chi connectivity index (χ0) is 17.4. The third kappa shape index (κ3) is 5.17. The lowest BCUT2D eigenvalue weighted by atomic mass is 10.1. The van der Waals surface area contributed by atoms with E-state index in [0.29, 0.717) is 13.0 Å². The Morgan fingerprint density at radius 3 is 2.42 bits per heavy atom. The van der Waals surface area contributed by atoms with Gasteiger partial charge in [0.05, 0.1) is 6.61 Å². The minimum absolute atomic E-state index is 0.0302. The van der Waals surface area contributed by atoms with Crippen molar-refractivity contribution in [2.75, 3.05) is 13.2 Å². The van der Waals surface area contributed by atoms with Crippen LogP contribution in [0.15, 0.2) is 54.6 Å². The summed E-state index contributed by atoms with van der Waals surface area (Å²) in [6, 6.07) is 14.1. The van der Waals surface area contributed by atoms with Gasteiger partial charge in [0.1, 0.15) is 18.5 Å². The molecular weight excluding hydrogens is 311 g/mol. The van der Waals surface area contributed by atoms with Crippen molar-refractivity contribution in [3.63, 3.8) is 0 Å². The van der Waals surface area contributed by atoms with Crippen molar-refractivity contribution in [1.29, 1.82) is 0 Å². The number of nitrogens with one attached hydrogen (secondary N) is 1. The number of benzene rings is 2. The van der Waals surface area contributed by atoms with Gasteiger partial charge in [-0.3, -0.25) is 9.59 Å². The molecule has 0 aliphatic rings. The van der Waals surface area contributed by atoms with Crippen molar-refractivity contribution < 1.29 is 18.7 Å². The lowest BCUT2D eigenvalue weighted by Crippen LogP contribution is -2.39. The lowest BCUT2D eigenvalue weighted by Gasteiger charge is -2.16. The van der Waals surface area contributed by atoms with Crippen LogP contribution in [0.3, 0.4) is 0 Å². The molecule has 126 valence electrons. The van der Waals surface area contributed by atoms with E-state index in [0.717, 1.165) is 5.56 Å². The summed E-state index contributed by atoms with van der Waals surface area (Å²) in [7, 11) is 0. The van der Waals surface area contributed by atoms with E-state index in [1.807, 2.05) is 30.3 Å². The number of ether oxygens (including phenoxy) is 1. The molecule has 2 aromatic carbocycles. The highest BCUT2D eigenvalue weighted by Crippen LogP contribution is 2.16. The van der Waals surface area contributed by atoms with Crippen molar-refractivity contribution in [3.8, 4) is 0 Å². The first-order chi connectivity index (χ1) is 11.6. The molecule has 1 atom stereocenters. The number of hydrogen-bond acceptors (Lipinski definition) is 3. The van der Waals surface area contributed by atoms with Gasteiger partial charge < -0.3 is 15.8 Å². The van der Waals surface area contributed by atoms with Crippen LogP contribution in [0.1, 0.15) is 17.2 Å². The summed E-state index contributed by atoms with van der Waals surface area (Å²) in [5.74, 6) is -1.97. The maximum Gasteiger partial charge on any atom is 0.246 e. The Hall–Kier alpha value is -2.73. The van der Waals surface area contributed by atoms with Crippen molar-refractivity contribution in [1.82, 2.24) is 5.32 Å². The van der Waals surface area contributed by atoms with E-state index in [-0.39, 0.29) is 12.2 Å². The van der Waals surface area contributed by atoms with Gasteiger partial charge in [0, 0.05) is 5.56 Å². The van der Waals surface area contributed by atoms with Crippen LogP contribution in [-0.2, 0) is 20.7 Å². The Balaban J connectivity index is 1.83. The fourth-order valence-corrected chi connectivity index (χ4v) is 2.21. The number of nitrogens with two attached hydrogens (primary N) is 1. The Morgan fingerprint density at radius 1 is 1.08 bits per heavy atom. The van der Waals surface area contributed by atoms with Crippen LogP contribution in [0.25, 0.3) is 0 Å². The standard InChI is InChI=1S/C18H19FN2O3/c19-15-9-5-4-8-14(15)17(18(20)23)21-16(22)12-24-11-10-13-6-2-1-3-7-13/h1-9,17H,10-12H2,(H2,20,23)(H,21,22)/t17-/m0/s1. The summed E-state index contributed by atoms with van der Waals surface area (Å²) in [6.45, 7) is 0.128. The Bertz CT molecular complexity index is 692. The van der Waals surface area contributed by atoms with Gasteiger partial charge in [-0.1, -0.05) is 48.5 Å². The number of amides is 2. The van der Waals surface area contributed by atoms with E-state index in [1.54, 1.807) is 6.07 Å². The minimum atomic E-state index is -1.23. The Labute approximate surface area is 139 Å². The summed E-state index contributed by atoms with van der Waals surface area (Å²) >= 11 is 0. The van der Waals surface area contributed by atoms with Crippen LogP contribution < -0.4 is 11.1 Å². The Kier molecular flexibility index (Phi) is 6.45. The summed E-state index contributed by atoms with van der Waals surface area (Å²) in [5.41, 5.74) is 6.38. The molecule has 2 amide bonds. The quantitative estimate of drug-likeness (QED) is 0.723. The third-order valence-corrected chi connectivity index (χ3v) is 3.42. The smallest absolute Gasteiger partial charge is 0.246 e. The van der Waals surface area contributed by atoms with Crippen molar-refractivity contribution in [2.24, 2.45) is 5.73 Å². The molecule has 2 aromatic rings. The number of halogens is 1. The fraction of sp³-hybridized carbons (Fsp3) is 0.222. The molecule has 24 heavy (non-hydrogen) atoms. The van der Waals surface area contributed by atoms with E-state index in [2.05, 4.69) is 5.32 Å². The topological polar surface area (TPSA) is 81.4 Å². The molecular formula is C18H19FN2O3. The monoisotopic (exact) mass is 330 g/mol. The highest BCUT2D eigenvalue weighted by Gasteiger charge is 2.23. The Morgan fingerprint density at radius 2 is 1.75 bits per heavy atom. The van der Waals surface area contributed by atoms with E-state index in [4.69, 9.17) is 10.5 Å². The number of primary amides is 1. The fourth-order valence-electron chi connectivity index (χ4n) is 2.21. The highest BCUT2D eigenvalue weighted by atomic mass is 19.1. The van der Waals surface area contributed by atoms with Crippen LogP contribution in [0, 0.1) is 5.82 Å². The van der Waals surface area contributed by atoms with Crippen molar-refractivity contribution in [3.05, 3.63) is 71.5 Å². The second-order valence-electron chi connectivity index (χ2n) is 5.21. The van der Waals surface area contributed by atoms with Gasteiger partial charge in [-0.15, -0.1) is 0 Å². The molecule has 5 nitrogen and oxygen atoms in total. The zero-order valence-electron chi connectivity index (χ0n) is 13.1. The van der Waals surface area contributed by atoms with Gasteiger partial charge >= 0.3 is 0 Å². The van der Waals surface area contributed by atoms with Gasteiger partial charge in [-0.2, -0.15) is 0 Å². The van der Waals surface area contributed by atoms with Gasteiger partial charge in [-0.25, -0.2) is 4.39 Å². The number of hydrogen-bond donors (Lipinski definition) is 2. The summed E-state index contributed by atoms with van der Waals surface area (Å²) in [4.78, 5) is 23.4. The first-order valence-corrected chi connectivity index (χ1v) is 7.52. The molecule has 0 unspecified atom stereocenters. The molecule has 6 heteroatoms. The predicted octanol–water partition coefficient (Wildman–Crippen LogP) is 1.73. The SMILES string of the molecule is NC(=O)[C@@H](NC(=O)COCCc1ccccc1)c1ccccc1F. The largest absolute Gasteiger partial charge is 0.371 e. The maximum atomic E-state index is 13.8. The van der Waals surface area contributed by atoms with Crippen molar-refractivity contribution >= 4 is 11.8 Å². The van der Waals surface area contributed by atoms with Crippen LogP contribution >= 0.6 is 0 Å². The van der Waals surface area contributed by atoms with Gasteiger partial charge in [0.15, 0.2) is 0 Å². The van der Waals surface area contributed by atoms with Crippen molar-refractivity contribution in [2.45, 2.75) is 12.5 Å². The second-order valence-corrected chi connectivity index (χ2v) is 5.21. The minimum Gasteiger partial charge on any atom is -0.371 e. The summed E-state index contributed by atoms with van der Waals surface area (Å²) < 4.78 is 19.0. The molecule has 0 saturated carbocycles. The molecule has 0 fully saturated rings. The van der Waals surface area contributed by atoms with Crippen LogP contribution in [0.4, 0.5) is 4.39 Å². The maximum absolute atomic E-state index is 13.8. The third-order valence-electron chi connectivity index (χ3n) is 3.42. The van der Waals surface area contributed by atoms with Gasteiger partial charge in [0.25, 0.3) is 0 Å². The molecule has 2 rings (SSSR count).